The van der Waals surface area contributed by atoms with E-state index in [4.69, 9.17) is 0 Å². The van der Waals surface area contributed by atoms with Crippen molar-refractivity contribution in [3.05, 3.63) is 23.8 Å². The van der Waals surface area contributed by atoms with E-state index in [0.717, 1.165) is 30.5 Å². The van der Waals surface area contributed by atoms with Gasteiger partial charge in [-0.1, -0.05) is 25.7 Å². The average Bonchev–Trinajstić information content (AvgIpc) is 2.99. The number of anilines is 1. The molecule has 1 aromatic rings. The molecule has 1 unspecified atom stereocenters. The fourth-order valence-corrected chi connectivity index (χ4v) is 3.29. The molecular formula is C15H17F2NO2. The van der Waals surface area contributed by atoms with Crippen molar-refractivity contribution in [3.8, 4) is 5.75 Å². The minimum atomic E-state index is -2.84. The Hall–Kier alpha value is -1.65. The molecule has 0 aromatic heterocycles. The normalized spacial score (nSPS) is 22.1. The smallest absolute Gasteiger partial charge is 0.387 e. The van der Waals surface area contributed by atoms with Crippen molar-refractivity contribution in [2.24, 2.45) is 5.92 Å². The van der Waals surface area contributed by atoms with Gasteiger partial charge in [-0.25, -0.2) is 0 Å². The Morgan fingerprint density at radius 1 is 1.30 bits per heavy atom. The van der Waals surface area contributed by atoms with E-state index in [9.17, 15) is 13.6 Å². The summed E-state index contributed by atoms with van der Waals surface area (Å²) in [7, 11) is 0. The lowest BCUT2D eigenvalue weighted by atomic mass is 9.89. The largest absolute Gasteiger partial charge is 0.435 e. The Morgan fingerprint density at radius 2 is 2.05 bits per heavy atom. The van der Waals surface area contributed by atoms with Gasteiger partial charge < -0.3 is 10.1 Å². The number of carbonyl (C=O) groups is 1. The van der Waals surface area contributed by atoms with Crippen molar-refractivity contribution >= 4 is 11.6 Å². The van der Waals surface area contributed by atoms with Crippen LogP contribution in [0, 0.1) is 5.92 Å². The highest BCUT2D eigenvalue weighted by Crippen LogP contribution is 2.41. The Balaban J connectivity index is 1.81. The molecule has 1 heterocycles. The molecule has 1 aliphatic carbocycles. The SMILES string of the molecule is O=C1Nc2ccc(OC(F)F)cc2C1CC1CCCC1. The van der Waals surface area contributed by atoms with Crippen LogP contribution < -0.4 is 10.1 Å². The molecular weight excluding hydrogens is 264 g/mol. The number of ether oxygens (including phenoxy) is 1. The minimum Gasteiger partial charge on any atom is -0.435 e. The van der Waals surface area contributed by atoms with E-state index in [1.165, 1.54) is 18.9 Å². The summed E-state index contributed by atoms with van der Waals surface area (Å²) in [6.45, 7) is -2.84. The number of halogens is 2. The number of rotatable bonds is 4. The van der Waals surface area contributed by atoms with E-state index in [-0.39, 0.29) is 17.6 Å². The second-order valence-electron chi connectivity index (χ2n) is 5.56. The first-order valence-corrected chi connectivity index (χ1v) is 7.03. The fraction of sp³-hybridized carbons (Fsp3) is 0.533. The van der Waals surface area contributed by atoms with Crippen LogP contribution in [-0.4, -0.2) is 12.5 Å². The summed E-state index contributed by atoms with van der Waals surface area (Å²) in [5, 5.41) is 2.82. The van der Waals surface area contributed by atoms with Crippen molar-refractivity contribution in [2.75, 3.05) is 5.32 Å². The van der Waals surface area contributed by atoms with Crippen molar-refractivity contribution in [2.45, 2.75) is 44.6 Å². The van der Waals surface area contributed by atoms with Crippen molar-refractivity contribution < 1.29 is 18.3 Å². The minimum absolute atomic E-state index is 0.0268. The molecule has 0 radical (unpaired) electrons. The molecule has 0 spiro atoms. The van der Waals surface area contributed by atoms with Crippen LogP contribution >= 0.6 is 0 Å². The van der Waals surface area contributed by atoms with E-state index in [0.29, 0.717) is 5.92 Å². The first-order chi connectivity index (χ1) is 9.63. The molecule has 1 N–H and O–H groups in total. The maximum Gasteiger partial charge on any atom is 0.387 e. The summed E-state index contributed by atoms with van der Waals surface area (Å²) in [4.78, 5) is 12.1. The molecule has 2 aliphatic rings. The highest BCUT2D eigenvalue weighted by molar-refractivity contribution is 6.03. The van der Waals surface area contributed by atoms with Gasteiger partial charge in [0.15, 0.2) is 0 Å². The lowest BCUT2D eigenvalue weighted by Gasteiger charge is -2.14. The molecule has 0 saturated heterocycles. The van der Waals surface area contributed by atoms with Crippen molar-refractivity contribution in [3.63, 3.8) is 0 Å². The topological polar surface area (TPSA) is 38.3 Å². The van der Waals surface area contributed by atoms with Crippen LogP contribution in [0.3, 0.4) is 0 Å². The Labute approximate surface area is 116 Å². The number of hydrogen-bond donors (Lipinski definition) is 1. The molecule has 20 heavy (non-hydrogen) atoms. The number of hydrogen-bond acceptors (Lipinski definition) is 2. The monoisotopic (exact) mass is 281 g/mol. The van der Waals surface area contributed by atoms with E-state index in [2.05, 4.69) is 10.1 Å². The third kappa shape index (κ3) is 2.62. The third-order valence-electron chi connectivity index (χ3n) is 4.24. The summed E-state index contributed by atoms with van der Waals surface area (Å²) in [6.07, 6.45) is 5.57. The number of amides is 1. The number of benzene rings is 1. The van der Waals surface area contributed by atoms with Gasteiger partial charge in [0.2, 0.25) is 5.91 Å². The molecule has 3 nitrogen and oxygen atoms in total. The van der Waals surface area contributed by atoms with Crippen molar-refractivity contribution in [1.82, 2.24) is 0 Å². The molecule has 1 amide bonds. The van der Waals surface area contributed by atoms with Crippen LogP contribution in [0.4, 0.5) is 14.5 Å². The second kappa shape index (κ2) is 5.38. The van der Waals surface area contributed by atoms with Gasteiger partial charge in [0.25, 0.3) is 0 Å². The van der Waals surface area contributed by atoms with Gasteiger partial charge in [-0.2, -0.15) is 8.78 Å². The predicted molar refractivity (Wildman–Crippen MR) is 71.0 cm³/mol. The molecule has 5 heteroatoms. The fourth-order valence-electron chi connectivity index (χ4n) is 3.29. The number of alkyl halides is 2. The Morgan fingerprint density at radius 3 is 2.75 bits per heavy atom. The number of nitrogens with one attached hydrogen (secondary N) is 1. The second-order valence-corrected chi connectivity index (χ2v) is 5.56. The summed E-state index contributed by atoms with van der Waals surface area (Å²) in [6, 6.07) is 4.67. The lowest BCUT2D eigenvalue weighted by Crippen LogP contribution is -2.14. The van der Waals surface area contributed by atoms with Gasteiger partial charge >= 0.3 is 6.61 Å². The highest BCUT2D eigenvalue weighted by atomic mass is 19.3. The quantitative estimate of drug-likeness (QED) is 0.908. The van der Waals surface area contributed by atoms with Crippen LogP contribution in [0.25, 0.3) is 0 Å². The zero-order valence-corrected chi connectivity index (χ0v) is 11.1. The van der Waals surface area contributed by atoms with Gasteiger partial charge in [0, 0.05) is 5.69 Å². The van der Waals surface area contributed by atoms with E-state index >= 15 is 0 Å². The summed E-state index contributed by atoms with van der Waals surface area (Å²) in [5.74, 6) is 0.429. The highest BCUT2D eigenvalue weighted by Gasteiger charge is 2.33. The number of fused-ring (bicyclic) bond motifs is 1. The van der Waals surface area contributed by atoms with Gasteiger partial charge in [-0.15, -0.1) is 0 Å². The first-order valence-electron chi connectivity index (χ1n) is 7.03. The van der Waals surface area contributed by atoms with Crippen LogP contribution in [0.1, 0.15) is 43.6 Å². The summed E-state index contributed by atoms with van der Waals surface area (Å²) >= 11 is 0. The standard InChI is InChI=1S/C15H17F2NO2/c16-15(17)20-10-5-6-13-11(8-10)12(14(19)18-13)7-9-3-1-2-4-9/h5-6,8-9,12,15H,1-4,7H2,(H,18,19). The maximum atomic E-state index is 12.3. The molecule has 108 valence electrons. The molecule has 1 saturated carbocycles. The molecule has 0 bridgehead atoms. The first kappa shape index (κ1) is 13.3. The van der Waals surface area contributed by atoms with Gasteiger partial charge in [-0.3, -0.25) is 4.79 Å². The van der Waals surface area contributed by atoms with E-state index in [1.807, 2.05) is 0 Å². The maximum absolute atomic E-state index is 12.3. The van der Waals surface area contributed by atoms with E-state index in [1.54, 1.807) is 12.1 Å². The molecule has 3 rings (SSSR count). The van der Waals surface area contributed by atoms with E-state index < -0.39 is 6.61 Å². The number of carbonyl (C=O) groups excluding carboxylic acids is 1. The van der Waals surface area contributed by atoms with Crippen molar-refractivity contribution in [1.29, 1.82) is 0 Å². The zero-order chi connectivity index (χ0) is 14.1. The average molecular weight is 281 g/mol. The molecule has 1 fully saturated rings. The summed E-state index contributed by atoms with van der Waals surface area (Å²) in [5.41, 5.74) is 1.51. The zero-order valence-electron chi connectivity index (χ0n) is 11.1. The summed E-state index contributed by atoms with van der Waals surface area (Å²) < 4.78 is 29.0. The van der Waals surface area contributed by atoms with Crippen LogP contribution in [0.2, 0.25) is 0 Å². The van der Waals surface area contributed by atoms with Crippen LogP contribution in [0.15, 0.2) is 18.2 Å². The molecule has 1 atom stereocenters. The van der Waals surface area contributed by atoms with Gasteiger partial charge in [0.05, 0.1) is 5.92 Å². The molecule has 1 aromatic carbocycles. The van der Waals surface area contributed by atoms with Crippen LogP contribution in [0.5, 0.6) is 5.75 Å². The third-order valence-corrected chi connectivity index (χ3v) is 4.24. The van der Waals surface area contributed by atoms with Gasteiger partial charge in [-0.05, 0) is 36.1 Å². The van der Waals surface area contributed by atoms with Crippen LogP contribution in [-0.2, 0) is 4.79 Å². The Kier molecular flexibility index (Phi) is 3.59. The molecule has 1 aliphatic heterocycles. The Bertz CT molecular complexity index is 513. The lowest BCUT2D eigenvalue weighted by molar-refractivity contribution is -0.117. The predicted octanol–water partition coefficient (Wildman–Crippen LogP) is 3.90. The van der Waals surface area contributed by atoms with Gasteiger partial charge in [0.1, 0.15) is 5.75 Å².